The molecule has 1 saturated carbocycles. The molecule has 3 rings (SSSR count). The van der Waals surface area contributed by atoms with E-state index in [1.807, 2.05) is 6.07 Å². The fraction of sp³-hybridized carbons (Fsp3) is 0.533. The van der Waals surface area contributed by atoms with Crippen molar-refractivity contribution in [3.8, 4) is 11.5 Å². The zero-order valence-corrected chi connectivity index (χ0v) is 13.1. The number of methoxy groups -OCH3 is 1. The van der Waals surface area contributed by atoms with Gasteiger partial charge < -0.3 is 25.3 Å². The lowest BCUT2D eigenvalue weighted by Gasteiger charge is -2.42. The van der Waals surface area contributed by atoms with E-state index in [1.54, 1.807) is 13.2 Å². The van der Waals surface area contributed by atoms with Crippen LogP contribution in [0.3, 0.4) is 0 Å². The fourth-order valence-electron chi connectivity index (χ4n) is 2.73. The molecule has 0 aromatic heterocycles. The largest absolute Gasteiger partial charge is 0.486 e. The molecule has 7 heteroatoms. The van der Waals surface area contributed by atoms with Gasteiger partial charge in [-0.25, -0.2) is 0 Å². The summed E-state index contributed by atoms with van der Waals surface area (Å²) in [5.74, 6) is 0.987. The molecule has 1 aromatic carbocycles. The van der Waals surface area contributed by atoms with Crippen LogP contribution in [0.1, 0.15) is 18.4 Å². The highest BCUT2D eigenvalue weighted by Gasteiger charge is 2.47. The van der Waals surface area contributed by atoms with Crippen molar-refractivity contribution in [3.63, 3.8) is 0 Å². The maximum Gasteiger partial charge on any atom is 0.240 e. The Labute approximate surface area is 133 Å². The third-order valence-corrected chi connectivity index (χ3v) is 4.36. The summed E-state index contributed by atoms with van der Waals surface area (Å²) in [6.07, 6.45) is 1.15. The van der Waals surface area contributed by atoms with Gasteiger partial charge in [0, 0.05) is 26.5 Å². The Morgan fingerprint density at radius 2 is 2.18 bits per heavy atom. The van der Waals surface area contributed by atoms with Crippen molar-refractivity contribution in [2.75, 3.05) is 20.3 Å². The second kappa shape index (κ2) is 5.95. The summed E-state index contributed by atoms with van der Waals surface area (Å²) in [5, 5.41) is 3.32. The normalized spacial score (nSPS) is 26.2. The topological polar surface area (TPSA) is 82.8 Å². The van der Waals surface area contributed by atoms with Gasteiger partial charge in [0.15, 0.2) is 11.5 Å². The van der Waals surface area contributed by atoms with Crippen molar-refractivity contribution in [2.45, 2.75) is 31.0 Å². The minimum Gasteiger partial charge on any atom is -0.486 e. The summed E-state index contributed by atoms with van der Waals surface area (Å²) in [7, 11) is 1.62. The predicted molar refractivity (Wildman–Crippen MR) is 81.2 cm³/mol. The van der Waals surface area contributed by atoms with Crippen LogP contribution in [0.5, 0.6) is 11.5 Å². The maximum absolute atomic E-state index is 12.2. The molecule has 0 saturated heterocycles. The number of fused-ring (bicyclic) bond motifs is 1. The molecule has 3 N–H and O–H groups in total. The minimum absolute atomic E-state index is 0.0690. The summed E-state index contributed by atoms with van der Waals surface area (Å²) in [4.78, 5) is 12.2. The number of nitrogens with two attached hydrogens (primary N) is 1. The monoisotopic (exact) mass is 326 g/mol. The molecular formula is C15H19ClN2O4. The van der Waals surface area contributed by atoms with Gasteiger partial charge in [-0.05, 0) is 17.7 Å². The Kier molecular flexibility index (Phi) is 4.16. The number of nitrogens with one attached hydrogen (secondary N) is 1. The molecule has 1 aromatic rings. The van der Waals surface area contributed by atoms with Gasteiger partial charge in [-0.15, -0.1) is 0 Å². The zero-order valence-electron chi connectivity index (χ0n) is 12.4. The highest BCUT2D eigenvalue weighted by atomic mass is 35.5. The molecule has 0 atom stereocenters. The Bertz CT molecular complexity index is 587. The first-order valence-corrected chi connectivity index (χ1v) is 7.57. The summed E-state index contributed by atoms with van der Waals surface area (Å²) >= 11 is 6.17. The molecule has 1 aliphatic carbocycles. The van der Waals surface area contributed by atoms with E-state index < -0.39 is 5.54 Å². The molecule has 0 radical (unpaired) electrons. The number of benzene rings is 1. The van der Waals surface area contributed by atoms with Crippen molar-refractivity contribution in [2.24, 2.45) is 5.73 Å². The maximum atomic E-state index is 12.2. The average Bonchev–Trinajstić information content (AvgIpc) is 2.49. The number of hydrogen-bond donors (Lipinski definition) is 2. The molecule has 6 nitrogen and oxygen atoms in total. The first-order valence-electron chi connectivity index (χ1n) is 7.20. The second-order valence-corrected chi connectivity index (χ2v) is 6.11. The Morgan fingerprint density at radius 3 is 2.91 bits per heavy atom. The number of carbonyl (C=O) groups is 1. The lowest BCUT2D eigenvalue weighted by molar-refractivity contribution is -0.135. The van der Waals surface area contributed by atoms with Crippen LogP contribution in [-0.2, 0) is 16.1 Å². The Balaban J connectivity index is 1.62. The van der Waals surface area contributed by atoms with Crippen LogP contribution in [-0.4, -0.2) is 37.9 Å². The number of rotatable bonds is 4. The Hall–Kier alpha value is -1.50. The SMILES string of the molecule is COC1CC(N)(C(=O)NCc2cc(Cl)c3c(c2)OCCO3)C1. The quantitative estimate of drug-likeness (QED) is 0.869. The highest BCUT2D eigenvalue weighted by Crippen LogP contribution is 2.38. The molecule has 120 valence electrons. The van der Waals surface area contributed by atoms with Crippen molar-refractivity contribution < 1.29 is 19.0 Å². The molecule has 1 fully saturated rings. The van der Waals surface area contributed by atoms with Crippen molar-refractivity contribution in [1.82, 2.24) is 5.32 Å². The summed E-state index contributed by atoms with van der Waals surface area (Å²) < 4.78 is 16.1. The lowest BCUT2D eigenvalue weighted by Crippen LogP contribution is -2.64. The van der Waals surface area contributed by atoms with Crippen molar-refractivity contribution >= 4 is 17.5 Å². The summed E-state index contributed by atoms with van der Waals surface area (Å²) in [6, 6.07) is 3.58. The fourth-order valence-corrected chi connectivity index (χ4v) is 3.02. The molecule has 1 aliphatic heterocycles. The third-order valence-electron chi connectivity index (χ3n) is 4.08. The molecule has 0 bridgehead atoms. The van der Waals surface area contributed by atoms with E-state index in [1.165, 1.54) is 0 Å². The molecule has 1 heterocycles. The molecule has 1 amide bonds. The van der Waals surface area contributed by atoms with E-state index in [9.17, 15) is 4.79 Å². The zero-order chi connectivity index (χ0) is 15.7. The smallest absolute Gasteiger partial charge is 0.240 e. The van der Waals surface area contributed by atoms with Gasteiger partial charge in [0.1, 0.15) is 18.8 Å². The van der Waals surface area contributed by atoms with Gasteiger partial charge in [-0.1, -0.05) is 11.6 Å². The van der Waals surface area contributed by atoms with Crippen LogP contribution >= 0.6 is 11.6 Å². The number of amides is 1. The van der Waals surface area contributed by atoms with Crippen molar-refractivity contribution in [3.05, 3.63) is 22.7 Å². The number of carbonyl (C=O) groups excluding carboxylic acids is 1. The first-order chi connectivity index (χ1) is 10.5. The first kappa shape index (κ1) is 15.4. The van der Waals surface area contributed by atoms with Gasteiger partial charge in [-0.2, -0.15) is 0 Å². The summed E-state index contributed by atoms with van der Waals surface area (Å²) in [5.41, 5.74) is 6.06. The molecule has 2 aliphatic rings. The van der Waals surface area contributed by atoms with E-state index in [0.29, 0.717) is 49.1 Å². The second-order valence-electron chi connectivity index (χ2n) is 5.71. The van der Waals surface area contributed by atoms with Crippen LogP contribution in [0, 0.1) is 0 Å². The van der Waals surface area contributed by atoms with E-state index in [-0.39, 0.29) is 12.0 Å². The predicted octanol–water partition coefficient (Wildman–Crippen LogP) is 1.23. The molecule has 0 unspecified atom stereocenters. The average molecular weight is 327 g/mol. The molecule has 0 spiro atoms. The van der Waals surface area contributed by atoms with Crippen LogP contribution < -0.4 is 20.5 Å². The highest BCUT2D eigenvalue weighted by molar-refractivity contribution is 6.32. The van der Waals surface area contributed by atoms with Crippen molar-refractivity contribution in [1.29, 1.82) is 0 Å². The van der Waals surface area contributed by atoms with E-state index >= 15 is 0 Å². The van der Waals surface area contributed by atoms with Gasteiger partial charge in [-0.3, -0.25) is 4.79 Å². The van der Waals surface area contributed by atoms with Crippen LogP contribution in [0.4, 0.5) is 0 Å². The number of ether oxygens (including phenoxy) is 3. The minimum atomic E-state index is -0.835. The van der Waals surface area contributed by atoms with Crippen LogP contribution in [0.2, 0.25) is 5.02 Å². The van der Waals surface area contributed by atoms with Gasteiger partial charge >= 0.3 is 0 Å². The third kappa shape index (κ3) is 2.86. The van der Waals surface area contributed by atoms with Crippen LogP contribution in [0.15, 0.2) is 12.1 Å². The van der Waals surface area contributed by atoms with E-state index in [4.69, 9.17) is 31.5 Å². The van der Waals surface area contributed by atoms with Crippen LogP contribution in [0.25, 0.3) is 0 Å². The molecule has 22 heavy (non-hydrogen) atoms. The van der Waals surface area contributed by atoms with E-state index in [0.717, 1.165) is 5.56 Å². The lowest BCUT2D eigenvalue weighted by atomic mass is 9.74. The summed E-state index contributed by atoms with van der Waals surface area (Å²) in [6.45, 7) is 1.31. The standard InChI is InChI=1S/C15H19ClN2O4/c1-20-10-6-15(17,7-10)14(19)18-8-9-4-11(16)13-12(5-9)21-2-3-22-13/h4-5,10H,2-3,6-8,17H2,1H3,(H,18,19). The van der Waals surface area contributed by atoms with Gasteiger partial charge in [0.2, 0.25) is 5.91 Å². The van der Waals surface area contributed by atoms with Gasteiger partial charge in [0.05, 0.1) is 11.1 Å². The molecular weight excluding hydrogens is 308 g/mol. The number of hydrogen-bond acceptors (Lipinski definition) is 5. The van der Waals surface area contributed by atoms with Gasteiger partial charge in [0.25, 0.3) is 0 Å². The van der Waals surface area contributed by atoms with E-state index in [2.05, 4.69) is 5.32 Å². The number of halogens is 1. The Morgan fingerprint density at radius 1 is 1.45 bits per heavy atom.